The molecule has 164 valence electrons. The van der Waals surface area contributed by atoms with Crippen LogP contribution in [0.5, 0.6) is 5.75 Å². The lowest BCUT2D eigenvalue weighted by Crippen LogP contribution is -2.32. The first-order valence-electron chi connectivity index (χ1n) is 10.1. The Hall–Kier alpha value is -3.49. The third-order valence-corrected chi connectivity index (χ3v) is 5.42. The highest BCUT2D eigenvalue weighted by Crippen LogP contribution is 2.18. The van der Waals surface area contributed by atoms with Crippen LogP contribution in [0.25, 0.3) is 0 Å². The summed E-state index contributed by atoms with van der Waals surface area (Å²) in [5.41, 5.74) is 1.59. The Balaban J connectivity index is 1.37. The molecule has 0 aliphatic heterocycles. The smallest absolute Gasteiger partial charge is 0.238 e. The molecule has 2 aromatic carbocycles. The lowest BCUT2D eigenvalue weighted by Gasteiger charge is -2.19. The number of nitrogens with zero attached hydrogens (tertiary/aromatic N) is 2. The number of benzene rings is 2. The van der Waals surface area contributed by atoms with Crippen molar-refractivity contribution >= 4 is 22.9 Å². The van der Waals surface area contributed by atoms with Gasteiger partial charge >= 0.3 is 0 Å². The van der Waals surface area contributed by atoms with Gasteiger partial charge in [-0.25, -0.2) is 9.37 Å². The SMILES string of the molecule is O=C(CN(Cc1csc(COc2ccc(F)cc2)n1)Cc1ccco1)Nc1ccccc1. The van der Waals surface area contributed by atoms with Crippen molar-refractivity contribution in [3.8, 4) is 5.75 Å². The molecule has 32 heavy (non-hydrogen) atoms. The maximum atomic E-state index is 13.0. The van der Waals surface area contributed by atoms with Gasteiger partial charge in [0.25, 0.3) is 0 Å². The minimum Gasteiger partial charge on any atom is -0.486 e. The van der Waals surface area contributed by atoms with Gasteiger partial charge in [0.15, 0.2) is 0 Å². The number of aromatic nitrogens is 1. The summed E-state index contributed by atoms with van der Waals surface area (Å²) in [6, 6.07) is 18.9. The predicted molar refractivity (Wildman–Crippen MR) is 121 cm³/mol. The third kappa shape index (κ3) is 6.50. The summed E-state index contributed by atoms with van der Waals surface area (Å²) in [4.78, 5) is 19.2. The molecule has 6 nitrogen and oxygen atoms in total. The molecule has 0 unspecified atom stereocenters. The Kier molecular flexibility index (Phi) is 7.27. The Morgan fingerprint density at radius 2 is 1.88 bits per heavy atom. The van der Waals surface area contributed by atoms with Crippen molar-refractivity contribution in [3.63, 3.8) is 0 Å². The predicted octanol–water partition coefficient (Wildman–Crippen LogP) is 5.10. The largest absolute Gasteiger partial charge is 0.486 e. The second kappa shape index (κ2) is 10.7. The summed E-state index contributed by atoms with van der Waals surface area (Å²) in [6.07, 6.45) is 1.62. The van der Waals surface area contributed by atoms with E-state index in [4.69, 9.17) is 9.15 Å². The first-order valence-corrected chi connectivity index (χ1v) is 10.9. The van der Waals surface area contributed by atoms with Crippen molar-refractivity contribution in [3.05, 3.63) is 101 Å². The molecule has 0 radical (unpaired) electrons. The van der Waals surface area contributed by atoms with E-state index in [1.54, 1.807) is 18.4 Å². The number of hydrogen-bond acceptors (Lipinski definition) is 6. The number of furan rings is 1. The molecule has 0 saturated carbocycles. The zero-order valence-electron chi connectivity index (χ0n) is 17.2. The van der Waals surface area contributed by atoms with E-state index in [2.05, 4.69) is 10.3 Å². The molecule has 0 atom stereocenters. The van der Waals surface area contributed by atoms with Crippen molar-refractivity contribution < 1.29 is 18.3 Å². The number of carbonyl (C=O) groups excluding carboxylic acids is 1. The van der Waals surface area contributed by atoms with Crippen LogP contribution in [0.3, 0.4) is 0 Å². The van der Waals surface area contributed by atoms with Crippen LogP contribution in [0, 0.1) is 5.82 Å². The van der Waals surface area contributed by atoms with E-state index >= 15 is 0 Å². The molecular weight excluding hydrogens is 429 g/mol. The number of nitrogens with one attached hydrogen (secondary N) is 1. The monoisotopic (exact) mass is 451 g/mol. The highest BCUT2D eigenvalue weighted by Gasteiger charge is 2.16. The molecule has 8 heteroatoms. The molecule has 0 aliphatic carbocycles. The van der Waals surface area contributed by atoms with Crippen LogP contribution in [-0.2, 0) is 24.5 Å². The summed E-state index contributed by atoms with van der Waals surface area (Å²) in [6.45, 7) is 1.45. The van der Waals surface area contributed by atoms with E-state index in [1.807, 2.05) is 52.7 Å². The number of para-hydroxylation sites is 1. The third-order valence-electron chi connectivity index (χ3n) is 4.55. The Labute approximate surface area is 189 Å². The minimum atomic E-state index is -0.304. The van der Waals surface area contributed by atoms with Crippen LogP contribution < -0.4 is 10.1 Å². The van der Waals surface area contributed by atoms with E-state index in [9.17, 15) is 9.18 Å². The Morgan fingerprint density at radius 1 is 1.06 bits per heavy atom. The van der Waals surface area contributed by atoms with E-state index in [-0.39, 0.29) is 18.3 Å². The summed E-state index contributed by atoms with van der Waals surface area (Å²) < 4.78 is 24.2. The summed E-state index contributed by atoms with van der Waals surface area (Å²) in [5, 5.41) is 5.66. The normalized spacial score (nSPS) is 10.9. The minimum absolute atomic E-state index is 0.113. The van der Waals surface area contributed by atoms with Crippen LogP contribution in [0.2, 0.25) is 0 Å². The van der Waals surface area contributed by atoms with Crippen molar-refractivity contribution in [1.29, 1.82) is 0 Å². The number of amides is 1. The van der Waals surface area contributed by atoms with Crippen LogP contribution in [0.15, 0.2) is 82.8 Å². The van der Waals surface area contributed by atoms with Gasteiger partial charge in [-0.15, -0.1) is 11.3 Å². The number of ether oxygens (including phenoxy) is 1. The molecular formula is C24H22FN3O3S. The van der Waals surface area contributed by atoms with E-state index in [0.717, 1.165) is 22.1 Å². The highest BCUT2D eigenvalue weighted by molar-refractivity contribution is 7.09. The van der Waals surface area contributed by atoms with Crippen LogP contribution in [0.4, 0.5) is 10.1 Å². The summed E-state index contributed by atoms with van der Waals surface area (Å²) in [5.74, 6) is 0.937. The molecule has 0 saturated heterocycles. The van der Waals surface area contributed by atoms with Crippen LogP contribution in [-0.4, -0.2) is 22.3 Å². The molecule has 4 aromatic rings. The number of halogens is 1. The number of anilines is 1. The molecule has 1 N–H and O–H groups in total. The van der Waals surface area contributed by atoms with Gasteiger partial charge < -0.3 is 14.5 Å². The average Bonchev–Trinajstić information content (AvgIpc) is 3.46. The van der Waals surface area contributed by atoms with Crippen molar-refractivity contribution in [2.75, 3.05) is 11.9 Å². The van der Waals surface area contributed by atoms with Gasteiger partial charge in [-0.1, -0.05) is 18.2 Å². The fourth-order valence-corrected chi connectivity index (χ4v) is 3.80. The van der Waals surface area contributed by atoms with E-state index in [0.29, 0.717) is 25.4 Å². The number of hydrogen-bond donors (Lipinski definition) is 1. The first-order chi connectivity index (χ1) is 15.6. The summed E-state index contributed by atoms with van der Waals surface area (Å²) >= 11 is 1.48. The second-order valence-electron chi connectivity index (χ2n) is 7.11. The quantitative estimate of drug-likeness (QED) is 0.364. The second-order valence-corrected chi connectivity index (χ2v) is 8.06. The maximum Gasteiger partial charge on any atom is 0.238 e. The van der Waals surface area contributed by atoms with Gasteiger partial charge in [-0.2, -0.15) is 0 Å². The lowest BCUT2D eigenvalue weighted by atomic mass is 10.3. The molecule has 0 bridgehead atoms. The first kappa shape index (κ1) is 21.7. The zero-order chi connectivity index (χ0) is 22.2. The van der Waals surface area contributed by atoms with Gasteiger partial charge in [0, 0.05) is 17.6 Å². The van der Waals surface area contributed by atoms with E-state index in [1.165, 1.54) is 23.5 Å². The van der Waals surface area contributed by atoms with E-state index < -0.39 is 0 Å². The standard InChI is InChI=1S/C24H22FN3O3S/c25-18-8-10-21(11-9-18)31-16-24-27-20(17-32-24)13-28(14-22-7-4-12-30-22)15-23(29)26-19-5-2-1-3-6-19/h1-12,17H,13-16H2,(H,26,29). The Bertz CT molecular complexity index is 1120. The lowest BCUT2D eigenvalue weighted by molar-refractivity contribution is -0.117. The molecule has 4 rings (SSSR count). The molecule has 0 spiro atoms. The van der Waals surface area contributed by atoms with Gasteiger partial charge in [-0.05, 0) is 48.5 Å². The topological polar surface area (TPSA) is 67.6 Å². The van der Waals surface area contributed by atoms with Gasteiger partial charge in [-0.3, -0.25) is 9.69 Å². The molecule has 2 heterocycles. The van der Waals surface area contributed by atoms with Crippen LogP contribution in [0.1, 0.15) is 16.5 Å². The van der Waals surface area contributed by atoms with Gasteiger partial charge in [0.05, 0.1) is 25.0 Å². The van der Waals surface area contributed by atoms with Gasteiger partial charge in [0.2, 0.25) is 5.91 Å². The van der Waals surface area contributed by atoms with Crippen molar-refractivity contribution in [1.82, 2.24) is 9.88 Å². The molecule has 1 amide bonds. The Morgan fingerprint density at radius 3 is 2.62 bits per heavy atom. The number of thiazole rings is 1. The summed E-state index contributed by atoms with van der Waals surface area (Å²) in [7, 11) is 0. The molecule has 2 aromatic heterocycles. The van der Waals surface area contributed by atoms with Crippen LogP contribution >= 0.6 is 11.3 Å². The fraction of sp³-hybridized carbons (Fsp3) is 0.167. The molecule has 0 fully saturated rings. The van der Waals surface area contributed by atoms with Crippen molar-refractivity contribution in [2.45, 2.75) is 19.7 Å². The highest BCUT2D eigenvalue weighted by atomic mass is 32.1. The fourth-order valence-electron chi connectivity index (χ4n) is 3.11. The zero-order valence-corrected chi connectivity index (χ0v) is 18.1. The molecule has 0 aliphatic rings. The maximum absolute atomic E-state index is 13.0. The van der Waals surface area contributed by atoms with Gasteiger partial charge in [0.1, 0.15) is 28.9 Å². The average molecular weight is 452 g/mol. The number of rotatable bonds is 10. The van der Waals surface area contributed by atoms with Crippen molar-refractivity contribution in [2.24, 2.45) is 0 Å². The number of carbonyl (C=O) groups is 1.